The molecule has 2 aliphatic heterocycles. The maximum atomic E-state index is 4.51. The molecule has 0 spiro atoms. The van der Waals surface area contributed by atoms with Crippen molar-refractivity contribution in [3.8, 4) is 33.6 Å². The molecule has 0 fully saturated rings. The first-order valence-electron chi connectivity index (χ1n) is 22.5. The Kier molecular flexibility index (Phi) is 9.95. The molecule has 12 rings (SSSR count). The summed E-state index contributed by atoms with van der Waals surface area (Å²) in [7, 11) is 0. The Balaban J connectivity index is 0.968. The fourth-order valence-electron chi connectivity index (χ4n) is 9.79. The summed E-state index contributed by atoms with van der Waals surface area (Å²) >= 11 is 0. The Hall–Kier alpha value is -8.61. The van der Waals surface area contributed by atoms with Crippen LogP contribution in [0.1, 0.15) is 0 Å². The highest BCUT2D eigenvalue weighted by Gasteiger charge is 2.45. The molecule has 9 aromatic carbocycles. The maximum Gasteiger partial charge on any atom is 0.420 e. The van der Waals surface area contributed by atoms with Gasteiger partial charge < -0.3 is 19.2 Å². The molecule has 10 aromatic rings. The summed E-state index contributed by atoms with van der Waals surface area (Å²) in [6, 6.07) is 87.3. The maximum absolute atomic E-state index is 4.51. The van der Waals surface area contributed by atoms with Crippen molar-refractivity contribution in [2.75, 3.05) is 19.2 Å². The van der Waals surface area contributed by atoms with Gasteiger partial charge >= 0.3 is 14.0 Å². The van der Waals surface area contributed by atoms with Crippen molar-refractivity contribution in [1.29, 1.82) is 0 Å². The summed E-state index contributed by atoms with van der Waals surface area (Å²) in [6.07, 6.45) is 3.57. The number of anilines is 8. The molecule has 0 atom stereocenters. The van der Waals surface area contributed by atoms with Gasteiger partial charge in [-0.1, -0.05) is 146 Å². The topological polar surface area (TPSA) is 38.7 Å². The highest BCUT2D eigenvalue weighted by atomic mass is 15.3. The van der Waals surface area contributed by atoms with Crippen LogP contribution in [-0.4, -0.2) is 23.9 Å². The zero-order valence-electron chi connectivity index (χ0n) is 36.1. The van der Waals surface area contributed by atoms with Crippen molar-refractivity contribution < 1.29 is 0 Å². The van der Waals surface area contributed by atoms with E-state index in [1.54, 1.807) is 12.4 Å². The molecular formula is C58H42B2N6. The lowest BCUT2D eigenvalue weighted by atomic mass is 9.64. The average molecular weight is 845 g/mol. The fourth-order valence-corrected chi connectivity index (χ4v) is 9.79. The van der Waals surface area contributed by atoms with Crippen LogP contribution in [0.25, 0.3) is 33.6 Å². The van der Waals surface area contributed by atoms with E-state index in [1.807, 2.05) is 6.07 Å². The third-order valence-electron chi connectivity index (χ3n) is 12.8. The van der Waals surface area contributed by atoms with E-state index >= 15 is 0 Å². The van der Waals surface area contributed by atoms with Crippen LogP contribution in [0.3, 0.4) is 0 Å². The zero-order chi connectivity index (χ0) is 43.8. The van der Waals surface area contributed by atoms with Crippen LogP contribution >= 0.6 is 0 Å². The van der Waals surface area contributed by atoms with Crippen molar-refractivity contribution in [2.24, 2.45) is 0 Å². The number of nitrogens with zero attached hydrogens (tertiary/aromatic N) is 6. The molecule has 8 heteroatoms. The first-order valence-corrected chi connectivity index (χ1v) is 22.5. The van der Waals surface area contributed by atoms with Crippen LogP contribution < -0.4 is 30.2 Å². The Morgan fingerprint density at radius 3 is 1.03 bits per heavy atom. The largest absolute Gasteiger partial charge is 0.420 e. The summed E-state index contributed by atoms with van der Waals surface area (Å²) in [5.74, 6) is 0.710. The van der Waals surface area contributed by atoms with Gasteiger partial charge in [0.15, 0.2) is 5.82 Å². The van der Waals surface area contributed by atoms with Crippen molar-refractivity contribution in [3.05, 3.63) is 255 Å². The minimum Gasteiger partial charge on any atom is -0.360 e. The van der Waals surface area contributed by atoms with E-state index in [1.165, 1.54) is 16.6 Å². The smallest absolute Gasteiger partial charge is 0.360 e. The molecule has 6 nitrogen and oxygen atoms in total. The third kappa shape index (κ3) is 6.96. The lowest BCUT2D eigenvalue weighted by molar-refractivity contribution is 1.18. The van der Waals surface area contributed by atoms with Crippen LogP contribution in [0.2, 0.25) is 0 Å². The molecule has 0 bridgehead atoms. The molecule has 0 aliphatic carbocycles. The molecule has 0 saturated carbocycles. The number of para-hydroxylation sites is 3. The van der Waals surface area contributed by atoms with Crippen molar-refractivity contribution in [2.45, 2.75) is 0 Å². The number of aromatic nitrogens is 2. The molecule has 66 heavy (non-hydrogen) atoms. The average Bonchev–Trinajstić information content (AvgIpc) is 3.93. The van der Waals surface area contributed by atoms with Gasteiger partial charge in [-0.3, -0.25) is 0 Å². The predicted octanol–water partition coefficient (Wildman–Crippen LogP) is 12.8. The normalized spacial score (nSPS) is 13.0. The second-order valence-electron chi connectivity index (χ2n) is 16.7. The number of benzene rings is 9. The van der Waals surface area contributed by atoms with Gasteiger partial charge in [0.2, 0.25) is 0 Å². The summed E-state index contributed by atoms with van der Waals surface area (Å²) in [5.41, 5.74) is 17.1. The second-order valence-corrected chi connectivity index (χ2v) is 16.7. The summed E-state index contributed by atoms with van der Waals surface area (Å²) in [4.78, 5) is 18.9. The van der Waals surface area contributed by atoms with Gasteiger partial charge in [-0.05, 0) is 130 Å². The van der Waals surface area contributed by atoms with Gasteiger partial charge in [0.25, 0.3) is 0 Å². The Labute approximate surface area is 386 Å². The predicted molar refractivity (Wildman–Crippen MR) is 276 cm³/mol. The Morgan fingerprint density at radius 2 is 0.606 bits per heavy atom. The quantitative estimate of drug-likeness (QED) is 0.135. The first-order chi connectivity index (χ1) is 32.8. The molecule has 2 aliphatic rings. The minimum atomic E-state index is -0.141. The monoisotopic (exact) mass is 844 g/mol. The third-order valence-corrected chi connectivity index (χ3v) is 12.8. The number of fused-ring (bicyclic) bond motifs is 2. The van der Waals surface area contributed by atoms with Gasteiger partial charge in [-0.15, -0.1) is 0 Å². The van der Waals surface area contributed by atoms with E-state index in [9.17, 15) is 0 Å². The van der Waals surface area contributed by atoms with Gasteiger partial charge in [-0.25, -0.2) is 9.97 Å². The highest BCUT2D eigenvalue weighted by Crippen LogP contribution is 2.50. The molecule has 0 unspecified atom stereocenters. The molecule has 1 aromatic heterocycles. The molecule has 0 radical (unpaired) electrons. The molecule has 310 valence electrons. The van der Waals surface area contributed by atoms with Crippen molar-refractivity contribution >= 4 is 70.4 Å². The molecule has 0 amide bonds. The van der Waals surface area contributed by atoms with E-state index in [0.29, 0.717) is 5.82 Å². The summed E-state index contributed by atoms with van der Waals surface area (Å²) in [5, 5.41) is 0. The summed E-state index contributed by atoms with van der Waals surface area (Å²) in [6.45, 7) is -0.222. The fraction of sp³-hybridized carbons (Fsp3) is 0. The first kappa shape index (κ1) is 39.0. The molecule has 0 N–H and O–H groups in total. The van der Waals surface area contributed by atoms with Crippen LogP contribution in [0.5, 0.6) is 0 Å². The number of hydrogen-bond donors (Lipinski definition) is 0. The Bertz CT molecular complexity index is 3270. The van der Waals surface area contributed by atoms with Gasteiger partial charge in [0.1, 0.15) is 0 Å². The SMILES string of the molecule is c1ccc(B2N(c3ccccc3)c3ccc(-c4cccc(-c5ccc6c(c5)N(c5ccccc5)B(c5ccccc5)N6c5ccc(-c6ncccn6)cc5)c4)cc3N2c2ccccc2)cc1. The van der Waals surface area contributed by atoms with Gasteiger partial charge in [0.05, 0.1) is 22.7 Å². The van der Waals surface area contributed by atoms with Crippen LogP contribution in [-0.2, 0) is 0 Å². The number of hydrogen-bond acceptors (Lipinski definition) is 6. The van der Waals surface area contributed by atoms with Crippen molar-refractivity contribution in [3.63, 3.8) is 0 Å². The van der Waals surface area contributed by atoms with E-state index in [2.05, 4.69) is 266 Å². The van der Waals surface area contributed by atoms with Crippen LogP contribution in [0.15, 0.2) is 255 Å². The molecule has 0 saturated heterocycles. The second kappa shape index (κ2) is 16.8. The van der Waals surface area contributed by atoms with Gasteiger partial charge in [-0.2, -0.15) is 0 Å². The van der Waals surface area contributed by atoms with Crippen LogP contribution in [0.4, 0.5) is 45.5 Å². The van der Waals surface area contributed by atoms with Crippen LogP contribution in [0, 0.1) is 0 Å². The molecular weight excluding hydrogens is 802 g/mol. The van der Waals surface area contributed by atoms with Gasteiger partial charge in [0, 0.05) is 40.7 Å². The van der Waals surface area contributed by atoms with E-state index in [4.69, 9.17) is 0 Å². The van der Waals surface area contributed by atoms with Crippen molar-refractivity contribution in [1.82, 2.24) is 9.97 Å². The highest BCUT2D eigenvalue weighted by molar-refractivity contribution is 6.85. The number of rotatable bonds is 9. The van der Waals surface area contributed by atoms with E-state index < -0.39 is 0 Å². The summed E-state index contributed by atoms with van der Waals surface area (Å²) < 4.78 is 0. The standard InChI is InChI=1S/C58H42B2N6/c1-6-20-48(21-7-1)59-63(50-24-10-3-11-25-50)54-36-32-46(41-56(54)65(59)51-26-12-4-13-27-51)44-18-16-19-45(40-44)47-33-37-55-57(42-47)66(52-28-14-5-15-29-52)60(49-22-8-2-9-23-49)64(55)53-34-30-43(31-35-53)58-61-38-17-39-62-58/h1-42H. The Morgan fingerprint density at radius 1 is 0.258 bits per heavy atom. The lowest BCUT2D eigenvalue weighted by Crippen LogP contribution is -2.53. The molecule has 3 heterocycles. The minimum absolute atomic E-state index is 0.0818. The van der Waals surface area contributed by atoms with E-state index in [0.717, 1.165) is 67.6 Å². The van der Waals surface area contributed by atoms with E-state index in [-0.39, 0.29) is 14.0 Å². The lowest BCUT2D eigenvalue weighted by Gasteiger charge is -2.30. The zero-order valence-corrected chi connectivity index (χ0v) is 36.1.